The highest BCUT2D eigenvalue weighted by atomic mass is 16.4. The van der Waals surface area contributed by atoms with Gasteiger partial charge in [0.05, 0.1) is 11.7 Å². The molecule has 0 amide bonds. The first kappa shape index (κ1) is 12.7. The maximum absolute atomic E-state index is 11.1. The zero-order valence-corrected chi connectivity index (χ0v) is 10.4. The van der Waals surface area contributed by atoms with E-state index in [0.717, 1.165) is 24.3 Å². The number of nitrogens with zero attached hydrogens (tertiary/aromatic N) is 1. The summed E-state index contributed by atoms with van der Waals surface area (Å²) >= 11 is 0. The Morgan fingerprint density at radius 1 is 1.39 bits per heavy atom. The number of rotatable bonds is 2. The van der Waals surface area contributed by atoms with Gasteiger partial charge in [0.1, 0.15) is 0 Å². The van der Waals surface area contributed by atoms with Gasteiger partial charge < -0.3 is 20.8 Å². The van der Waals surface area contributed by atoms with E-state index in [9.17, 15) is 9.90 Å². The van der Waals surface area contributed by atoms with Crippen LogP contribution in [-0.4, -0.2) is 35.4 Å². The number of anilines is 2. The van der Waals surface area contributed by atoms with Crippen LogP contribution in [0, 0.1) is 6.92 Å². The van der Waals surface area contributed by atoms with Gasteiger partial charge in [-0.15, -0.1) is 0 Å². The largest absolute Gasteiger partial charge is 0.478 e. The summed E-state index contributed by atoms with van der Waals surface area (Å²) in [6.07, 6.45) is 1.19. The lowest BCUT2D eigenvalue weighted by Crippen LogP contribution is -2.36. The SMILES string of the molecule is Cc1cc(N2CCC(O)CC2)cc(C(=O)O)c1N. The van der Waals surface area contributed by atoms with Crippen LogP contribution in [0.4, 0.5) is 11.4 Å². The Labute approximate surface area is 106 Å². The number of carbonyl (C=O) groups is 1. The van der Waals surface area contributed by atoms with Crippen molar-refractivity contribution in [3.05, 3.63) is 23.3 Å². The van der Waals surface area contributed by atoms with Crippen molar-refractivity contribution in [1.82, 2.24) is 0 Å². The molecule has 1 aliphatic rings. The molecular formula is C13H18N2O3. The highest BCUT2D eigenvalue weighted by Crippen LogP contribution is 2.27. The van der Waals surface area contributed by atoms with Crippen molar-refractivity contribution in [3.63, 3.8) is 0 Å². The van der Waals surface area contributed by atoms with Crippen molar-refractivity contribution in [2.24, 2.45) is 0 Å². The van der Waals surface area contributed by atoms with Gasteiger partial charge in [-0.2, -0.15) is 0 Å². The molecule has 2 rings (SSSR count). The van der Waals surface area contributed by atoms with Crippen LogP contribution in [0.15, 0.2) is 12.1 Å². The fourth-order valence-electron chi connectivity index (χ4n) is 2.26. The van der Waals surface area contributed by atoms with Crippen LogP contribution in [0.1, 0.15) is 28.8 Å². The van der Waals surface area contributed by atoms with Gasteiger partial charge in [0, 0.05) is 24.5 Å². The van der Waals surface area contributed by atoms with Crippen LogP contribution in [0.3, 0.4) is 0 Å². The highest BCUT2D eigenvalue weighted by Gasteiger charge is 2.20. The van der Waals surface area contributed by atoms with Crippen LogP contribution < -0.4 is 10.6 Å². The average molecular weight is 250 g/mol. The molecule has 0 radical (unpaired) electrons. The van der Waals surface area contributed by atoms with E-state index in [1.54, 1.807) is 6.07 Å². The summed E-state index contributed by atoms with van der Waals surface area (Å²) in [5.74, 6) is -1.01. The molecule has 5 heteroatoms. The summed E-state index contributed by atoms with van der Waals surface area (Å²) in [4.78, 5) is 13.2. The first-order chi connectivity index (χ1) is 8.49. The van der Waals surface area contributed by atoms with Crippen molar-refractivity contribution < 1.29 is 15.0 Å². The lowest BCUT2D eigenvalue weighted by atomic mass is 10.0. The van der Waals surface area contributed by atoms with Crippen molar-refractivity contribution in [2.75, 3.05) is 23.7 Å². The third-order valence-electron chi connectivity index (χ3n) is 3.43. The molecule has 0 aromatic heterocycles. The van der Waals surface area contributed by atoms with Gasteiger partial charge in [-0.1, -0.05) is 0 Å². The molecular weight excluding hydrogens is 232 g/mol. The maximum atomic E-state index is 11.1. The average Bonchev–Trinajstić information content (AvgIpc) is 2.33. The van der Waals surface area contributed by atoms with Crippen LogP contribution in [0.25, 0.3) is 0 Å². The zero-order valence-electron chi connectivity index (χ0n) is 10.4. The Bertz CT molecular complexity index is 466. The Kier molecular flexibility index (Phi) is 3.43. The molecule has 0 atom stereocenters. The third-order valence-corrected chi connectivity index (χ3v) is 3.43. The number of nitrogen functional groups attached to an aromatic ring is 1. The number of piperidine rings is 1. The van der Waals surface area contributed by atoms with Gasteiger partial charge in [0.25, 0.3) is 0 Å². The Morgan fingerprint density at radius 3 is 2.56 bits per heavy atom. The standard InChI is InChI=1S/C13H18N2O3/c1-8-6-9(7-11(12(8)14)13(17)18)15-4-2-10(16)3-5-15/h6-7,10,16H,2-5,14H2,1H3,(H,17,18). The van der Waals surface area contributed by atoms with Gasteiger partial charge in [0.2, 0.25) is 0 Å². The van der Waals surface area contributed by atoms with Crippen molar-refractivity contribution in [3.8, 4) is 0 Å². The predicted molar refractivity (Wildman–Crippen MR) is 70.0 cm³/mol. The number of carboxylic acids is 1. The number of aryl methyl sites for hydroxylation is 1. The summed E-state index contributed by atoms with van der Waals surface area (Å²) in [5, 5.41) is 18.6. The number of aromatic carboxylic acids is 1. The molecule has 4 N–H and O–H groups in total. The number of aliphatic hydroxyl groups excluding tert-OH is 1. The number of hydrogen-bond acceptors (Lipinski definition) is 4. The molecule has 98 valence electrons. The summed E-state index contributed by atoms with van der Waals surface area (Å²) < 4.78 is 0. The fourth-order valence-corrected chi connectivity index (χ4v) is 2.26. The molecule has 0 saturated carbocycles. The molecule has 5 nitrogen and oxygen atoms in total. The summed E-state index contributed by atoms with van der Waals surface area (Å²) in [6, 6.07) is 3.52. The third kappa shape index (κ3) is 2.41. The van der Waals surface area contributed by atoms with Crippen LogP contribution in [0.5, 0.6) is 0 Å². The minimum absolute atomic E-state index is 0.149. The minimum Gasteiger partial charge on any atom is -0.478 e. The minimum atomic E-state index is -1.01. The van der Waals surface area contributed by atoms with E-state index < -0.39 is 5.97 Å². The lowest BCUT2D eigenvalue weighted by molar-refractivity contribution is 0.0698. The van der Waals surface area contributed by atoms with Crippen LogP contribution in [0.2, 0.25) is 0 Å². The monoisotopic (exact) mass is 250 g/mol. The number of hydrogen-bond donors (Lipinski definition) is 3. The first-order valence-electron chi connectivity index (χ1n) is 6.05. The van der Waals surface area contributed by atoms with Crippen molar-refractivity contribution >= 4 is 17.3 Å². The van der Waals surface area contributed by atoms with Gasteiger partial charge in [-0.3, -0.25) is 0 Å². The Hall–Kier alpha value is -1.75. The second-order valence-corrected chi connectivity index (χ2v) is 4.75. The fraction of sp³-hybridized carbons (Fsp3) is 0.462. The van der Waals surface area contributed by atoms with Gasteiger partial charge >= 0.3 is 5.97 Å². The molecule has 0 bridgehead atoms. The molecule has 0 spiro atoms. The smallest absolute Gasteiger partial charge is 0.337 e. The Balaban J connectivity index is 2.31. The molecule has 0 aliphatic carbocycles. The number of aliphatic hydroxyl groups is 1. The maximum Gasteiger partial charge on any atom is 0.337 e. The van der Waals surface area contributed by atoms with E-state index in [1.165, 1.54) is 0 Å². The molecule has 0 unspecified atom stereocenters. The van der Waals surface area contributed by atoms with E-state index >= 15 is 0 Å². The predicted octanol–water partition coefficient (Wildman–Crippen LogP) is 1.24. The number of benzene rings is 1. The zero-order chi connectivity index (χ0) is 13.3. The van der Waals surface area contributed by atoms with E-state index in [2.05, 4.69) is 4.90 Å². The second-order valence-electron chi connectivity index (χ2n) is 4.75. The molecule has 1 fully saturated rings. The van der Waals surface area contributed by atoms with Gasteiger partial charge in [-0.05, 0) is 37.5 Å². The first-order valence-corrected chi connectivity index (χ1v) is 6.05. The Morgan fingerprint density at radius 2 is 2.00 bits per heavy atom. The van der Waals surface area contributed by atoms with E-state index in [4.69, 9.17) is 10.8 Å². The molecule has 1 saturated heterocycles. The van der Waals surface area contributed by atoms with E-state index in [-0.39, 0.29) is 11.7 Å². The number of carboxylic acid groups (broad SMARTS) is 1. The van der Waals surface area contributed by atoms with Crippen molar-refractivity contribution in [2.45, 2.75) is 25.9 Å². The lowest BCUT2D eigenvalue weighted by Gasteiger charge is -2.32. The molecule has 1 heterocycles. The molecule has 1 aromatic carbocycles. The van der Waals surface area contributed by atoms with Crippen LogP contribution >= 0.6 is 0 Å². The number of nitrogens with two attached hydrogens (primary N) is 1. The van der Waals surface area contributed by atoms with E-state index in [1.807, 2.05) is 13.0 Å². The molecule has 1 aromatic rings. The van der Waals surface area contributed by atoms with E-state index in [0.29, 0.717) is 18.5 Å². The van der Waals surface area contributed by atoms with Crippen LogP contribution in [-0.2, 0) is 0 Å². The topological polar surface area (TPSA) is 86.8 Å². The highest BCUT2D eigenvalue weighted by molar-refractivity contribution is 5.95. The molecule has 1 aliphatic heterocycles. The summed E-state index contributed by atoms with van der Waals surface area (Å²) in [7, 11) is 0. The summed E-state index contributed by atoms with van der Waals surface area (Å²) in [5.41, 5.74) is 7.88. The molecule has 18 heavy (non-hydrogen) atoms. The second kappa shape index (κ2) is 4.86. The van der Waals surface area contributed by atoms with Gasteiger partial charge in [-0.25, -0.2) is 4.79 Å². The van der Waals surface area contributed by atoms with Gasteiger partial charge in [0.15, 0.2) is 0 Å². The normalized spacial score (nSPS) is 16.9. The summed E-state index contributed by atoms with van der Waals surface area (Å²) in [6.45, 7) is 3.29. The van der Waals surface area contributed by atoms with Crippen molar-refractivity contribution in [1.29, 1.82) is 0 Å². The quantitative estimate of drug-likeness (QED) is 0.687.